The zero-order valence-corrected chi connectivity index (χ0v) is 12.1. The third kappa shape index (κ3) is 2.38. The van der Waals surface area contributed by atoms with Gasteiger partial charge in [-0.15, -0.1) is 0 Å². The van der Waals surface area contributed by atoms with Gasteiger partial charge in [-0.05, 0) is 56.3 Å². The standard InChI is InChI=1S/C15H21N3O2/c1-10-7-14(15(18(19)20)8-11(10)2)16-13-4-6-17-5-3-12(13)9-17/h7-8,12-13,16H,3-6,9H2,1-2H3. The lowest BCUT2D eigenvalue weighted by Crippen LogP contribution is -2.39. The SMILES string of the molecule is Cc1cc(NC2CCN3CCC2C3)c([N+](=O)[O-])cc1C. The highest BCUT2D eigenvalue weighted by atomic mass is 16.6. The molecule has 2 aliphatic rings. The van der Waals surface area contributed by atoms with E-state index in [0.717, 1.165) is 30.6 Å². The molecule has 1 aromatic carbocycles. The van der Waals surface area contributed by atoms with Crippen LogP contribution in [-0.2, 0) is 0 Å². The molecular formula is C15H21N3O2. The van der Waals surface area contributed by atoms with E-state index in [4.69, 9.17) is 0 Å². The number of nitro groups is 1. The molecule has 5 heteroatoms. The quantitative estimate of drug-likeness (QED) is 0.680. The van der Waals surface area contributed by atoms with Gasteiger partial charge in [-0.3, -0.25) is 10.1 Å². The molecule has 108 valence electrons. The zero-order valence-electron chi connectivity index (χ0n) is 12.1. The lowest BCUT2D eigenvalue weighted by atomic mass is 9.93. The van der Waals surface area contributed by atoms with E-state index in [9.17, 15) is 10.1 Å². The number of fused-ring (bicyclic) bond motifs is 2. The van der Waals surface area contributed by atoms with Gasteiger partial charge in [-0.1, -0.05) is 0 Å². The summed E-state index contributed by atoms with van der Waals surface area (Å²) in [6, 6.07) is 3.98. The molecule has 2 bridgehead atoms. The first-order valence-corrected chi connectivity index (χ1v) is 7.29. The van der Waals surface area contributed by atoms with Gasteiger partial charge in [-0.25, -0.2) is 0 Å². The third-order valence-corrected chi connectivity index (χ3v) is 4.78. The third-order valence-electron chi connectivity index (χ3n) is 4.78. The molecule has 20 heavy (non-hydrogen) atoms. The van der Waals surface area contributed by atoms with E-state index in [2.05, 4.69) is 10.2 Å². The Balaban J connectivity index is 1.86. The number of anilines is 1. The predicted molar refractivity (Wildman–Crippen MR) is 79.1 cm³/mol. The summed E-state index contributed by atoms with van der Waals surface area (Å²) in [7, 11) is 0. The lowest BCUT2D eigenvalue weighted by Gasteiger charge is -2.31. The summed E-state index contributed by atoms with van der Waals surface area (Å²) >= 11 is 0. The zero-order chi connectivity index (χ0) is 14.3. The number of nitrogens with one attached hydrogen (secondary N) is 1. The summed E-state index contributed by atoms with van der Waals surface area (Å²) in [5.74, 6) is 0.630. The van der Waals surface area contributed by atoms with Crippen molar-refractivity contribution in [3.63, 3.8) is 0 Å². The lowest BCUT2D eigenvalue weighted by molar-refractivity contribution is -0.384. The summed E-state index contributed by atoms with van der Waals surface area (Å²) in [5.41, 5.74) is 2.96. The molecule has 1 aromatic rings. The van der Waals surface area contributed by atoms with Gasteiger partial charge < -0.3 is 10.2 Å². The van der Waals surface area contributed by atoms with Crippen LogP contribution in [0.1, 0.15) is 24.0 Å². The number of piperidine rings is 1. The van der Waals surface area contributed by atoms with Gasteiger partial charge in [0.15, 0.2) is 0 Å². The molecule has 2 saturated heterocycles. The van der Waals surface area contributed by atoms with E-state index in [1.807, 2.05) is 19.9 Å². The van der Waals surface area contributed by atoms with E-state index in [1.165, 1.54) is 13.0 Å². The van der Waals surface area contributed by atoms with Crippen LogP contribution in [-0.4, -0.2) is 35.5 Å². The molecule has 3 unspecified atom stereocenters. The van der Waals surface area contributed by atoms with Crippen molar-refractivity contribution in [1.82, 2.24) is 4.90 Å². The second-order valence-electron chi connectivity index (χ2n) is 6.10. The van der Waals surface area contributed by atoms with Crippen molar-refractivity contribution >= 4 is 11.4 Å². The molecule has 2 aliphatic heterocycles. The number of benzene rings is 1. The minimum atomic E-state index is -0.279. The van der Waals surface area contributed by atoms with Crippen LogP contribution in [0.5, 0.6) is 0 Å². The smallest absolute Gasteiger partial charge is 0.292 e. The largest absolute Gasteiger partial charge is 0.376 e. The van der Waals surface area contributed by atoms with E-state index >= 15 is 0 Å². The van der Waals surface area contributed by atoms with E-state index in [0.29, 0.717) is 17.6 Å². The molecule has 2 heterocycles. The predicted octanol–water partition coefficient (Wildman–Crippen LogP) is 2.72. The Bertz CT molecular complexity index is 544. The maximum atomic E-state index is 11.2. The Morgan fingerprint density at radius 1 is 1.25 bits per heavy atom. The maximum absolute atomic E-state index is 11.2. The Hall–Kier alpha value is -1.62. The van der Waals surface area contributed by atoms with Crippen LogP contribution in [0.25, 0.3) is 0 Å². The number of aryl methyl sites for hydroxylation is 2. The fourth-order valence-corrected chi connectivity index (χ4v) is 3.41. The molecule has 3 atom stereocenters. The maximum Gasteiger partial charge on any atom is 0.292 e. The van der Waals surface area contributed by atoms with Crippen molar-refractivity contribution in [2.75, 3.05) is 25.0 Å². The number of rotatable bonds is 3. The summed E-state index contributed by atoms with van der Waals surface area (Å²) in [4.78, 5) is 13.4. The van der Waals surface area contributed by atoms with Crippen LogP contribution in [0.15, 0.2) is 12.1 Å². The highest BCUT2D eigenvalue weighted by molar-refractivity contribution is 5.65. The Kier molecular flexibility index (Phi) is 3.38. The fraction of sp³-hybridized carbons (Fsp3) is 0.600. The second-order valence-corrected chi connectivity index (χ2v) is 6.10. The van der Waals surface area contributed by atoms with Crippen LogP contribution < -0.4 is 5.32 Å². The summed E-state index contributed by atoms with van der Waals surface area (Å²) in [5, 5.41) is 14.7. The Labute approximate surface area is 119 Å². The minimum Gasteiger partial charge on any atom is -0.376 e. The molecule has 3 rings (SSSR count). The van der Waals surface area contributed by atoms with Crippen LogP contribution in [0, 0.1) is 29.9 Å². The second kappa shape index (κ2) is 5.05. The highest BCUT2D eigenvalue weighted by Crippen LogP contribution is 2.33. The molecule has 1 N–H and O–H groups in total. The molecule has 2 fully saturated rings. The van der Waals surface area contributed by atoms with Gasteiger partial charge in [0.05, 0.1) is 4.92 Å². The molecule has 0 saturated carbocycles. The number of nitro benzene ring substituents is 1. The fourth-order valence-electron chi connectivity index (χ4n) is 3.41. The molecular weight excluding hydrogens is 254 g/mol. The molecule has 0 spiro atoms. The Morgan fingerprint density at radius 3 is 2.70 bits per heavy atom. The van der Waals surface area contributed by atoms with Crippen LogP contribution in [0.3, 0.4) is 0 Å². The van der Waals surface area contributed by atoms with Crippen LogP contribution >= 0.6 is 0 Å². The average molecular weight is 275 g/mol. The van der Waals surface area contributed by atoms with Gasteiger partial charge in [0, 0.05) is 25.2 Å². The summed E-state index contributed by atoms with van der Waals surface area (Å²) < 4.78 is 0. The summed E-state index contributed by atoms with van der Waals surface area (Å²) in [6.45, 7) is 7.34. The normalized spacial score (nSPS) is 28.4. The molecule has 0 aromatic heterocycles. The van der Waals surface area contributed by atoms with Gasteiger partial charge in [0.25, 0.3) is 5.69 Å². The number of hydrogen-bond donors (Lipinski definition) is 1. The molecule has 0 amide bonds. The minimum absolute atomic E-state index is 0.202. The van der Waals surface area contributed by atoms with Crippen molar-refractivity contribution in [2.24, 2.45) is 5.92 Å². The van der Waals surface area contributed by atoms with Gasteiger partial charge in [0.1, 0.15) is 5.69 Å². The first kappa shape index (κ1) is 13.4. The van der Waals surface area contributed by atoms with Crippen molar-refractivity contribution in [3.05, 3.63) is 33.4 Å². The Morgan fingerprint density at radius 2 is 1.95 bits per heavy atom. The van der Waals surface area contributed by atoms with Crippen LogP contribution in [0.4, 0.5) is 11.4 Å². The van der Waals surface area contributed by atoms with Gasteiger partial charge >= 0.3 is 0 Å². The molecule has 0 radical (unpaired) electrons. The average Bonchev–Trinajstić information content (AvgIpc) is 2.79. The van der Waals surface area contributed by atoms with Crippen molar-refractivity contribution < 1.29 is 4.92 Å². The molecule has 0 aliphatic carbocycles. The van der Waals surface area contributed by atoms with E-state index in [-0.39, 0.29) is 10.6 Å². The van der Waals surface area contributed by atoms with Crippen molar-refractivity contribution in [3.8, 4) is 0 Å². The van der Waals surface area contributed by atoms with Crippen molar-refractivity contribution in [2.45, 2.75) is 32.7 Å². The van der Waals surface area contributed by atoms with Crippen LogP contribution in [0.2, 0.25) is 0 Å². The first-order valence-electron chi connectivity index (χ1n) is 7.29. The number of hydrogen-bond acceptors (Lipinski definition) is 4. The van der Waals surface area contributed by atoms with Gasteiger partial charge in [-0.2, -0.15) is 0 Å². The van der Waals surface area contributed by atoms with E-state index in [1.54, 1.807) is 6.07 Å². The monoisotopic (exact) mass is 275 g/mol. The highest BCUT2D eigenvalue weighted by Gasteiger charge is 2.35. The van der Waals surface area contributed by atoms with E-state index < -0.39 is 0 Å². The topological polar surface area (TPSA) is 58.4 Å². The number of nitrogens with zero attached hydrogens (tertiary/aromatic N) is 2. The van der Waals surface area contributed by atoms with Crippen molar-refractivity contribution in [1.29, 1.82) is 0 Å². The van der Waals surface area contributed by atoms with Gasteiger partial charge in [0.2, 0.25) is 0 Å². The molecule has 5 nitrogen and oxygen atoms in total. The summed E-state index contributed by atoms with van der Waals surface area (Å²) in [6.07, 6.45) is 2.28. The first-order chi connectivity index (χ1) is 9.54.